The highest BCUT2D eigenvalue weighted by Crippen LogP contribution is 2.43. The normalized spacial score (nSPS) is 14.9. The summed E-state index contributed by atoms with van der Waals surface area (Å²) in [5.74, 6) is 0.290. The summed E-state index contributed by atoms with van der Waals surface area (Å²) in [7, 11) is 0. The first kappa shape index (κ1) is 49.1. The minimum absolute atomic E-state index is 0.0145. The van der Waals surface area contributed by atoms with Crippen molar-refractivity contribution in [3.63, 3.8) is 0 Å². The molecular weight excluding hydrogens is 838 g/mol. The Labute approximate surface area is 388 Å². The number of ketones is 2. The second kappa shape index (κ2) is 24.8. The molecular formula is C56H61ClF2N2O4. The Morgan fingerprint density at radius 3 is 1.22 bits per heavy atom. The molecule has 9 heteroatoms. The monoisotopic (exact) mass is 898 g/mol. The molecule has 0 saturated carbocycles. The van der Waals surface area contributed by atoms with Crippen molar-refractivity contribution in [3.05, 3.63) is 215 Å². The molecule has 0 spiro atoms. The van der Waals surface area contributed by atoms with Crippen LogP contribution in [0.4, 0.5) is 8.78 Å². The number of nitrogens with one attached hydrogen (secondary N) is 1. The summed E-state index contributed by atoms with van der Waals surface area (Å²) in [6.07, 6.45) is 6.12. The van der Waals surface area contributed by atoms with Crippen LogP contribution in [-0.2, 0) is 11.2 Å². The van der Waals surface area contributed by atoms with Gasteiger partial charge in [0.2, 0.25) is 0 Å². The zero-order valence-electron chi connectivity index (χ0n) is 37.0. The summed E-state index contributed by atoms with van der Waals surface area (Å²) in [4.78, 5) is 26.0. The number of hydrogen-bond acceptors (Lipinski definition) is 6. The molecule has 3 N–H and O–H groups in total. The number of rotatable bonds is 15. The van der Waals surface area contributed by atoms with E-state index in [0.717, 1.165) is 87.1 Å². The van der Waals surface area contributed by atoms with E-state index in [0.29, 0.717) is 36.3 Å². The van der Waals surface area contributed by atoms with Crippen molar-refractivity contribution in [2.24, 2.45) is 11.8 Å². The van der Waals surface area contributed by atoms with Gasteiger partial charge in [-0.05, 0) is 154 Å². The molecule has 0 atom stereocenters. The number of carbonyl (C=O) groups is 2. The summed E-state index contributed by atoms with van der Waals surface area (Å²) in [6, 6.07) is 51.4. The lowest BCUT2D eigenvalue weighted by atomic mass is 9.72. The Morgan fingerprint density at radius 2 is 0.862 bits per heavy atom. The van der Waals surface area contributed by atoms with Gasteiger partial charge in [-0.15, -0.1) is 11.6 Å². The highest BCUT2D eigenvalue weighted by molar-refractivity contribution is 6.18. The molecule has 8 rings (SSSR count). The van der Waals surface area contributed by atoms with Crippen LogP contribution in [0.2, 0.25) is 0 Å². The molecule has 6 aromatic rings. The summed E-state index contributed by atoms with van der Waals surface area (Å²) in [5.41, 5.74) is 3.10. The topological polar surface area (TPSA) is 89.9 Å². The van der Waals surface area contributed by atoms with Crippen molar-refractivity contribution in [1.82, 2.24) is 10.2 Å². The molecule has 0 amide bonds. The smallest absolute Gasteiger partial charge is 0.162 e. The minimum atomic E-state index is -1.01. The first-order valence-electron chi connectivity index (χ1n) is 22.9. The largest absolute Gasteiger partial charge is 0.380 e. The molecule has 0 aliphatic carbocycles. The second-order valence-corrected chi connectivity index (χ2v) is 17.3. The van der Waals surface area contributed by atoms with Gasteiger partial charge in [0.05, 0.1) is 0 Å². The van der Waals surface area contributed by atoms with E-state index in [1.807, 2.05) is 121 Å². The predicted octanol–water partition coefficient (Wildman–Crippen LogP) is 11.4. The SMILES string of the molecule is O=C(CCCCl)c1ccc(F)cc1.O=C(CCCN1CCC(C(O)(c2ccccc2)c2ccccc2)CC1)c1ccc(F)cc1.OC(c1ccccc1)(c1ccccc1)C1CCNCC1. The number of hydrogen-bond donors (Lipinski definition) is 3. The maximum atomic E-state index is 13.0. The van der Waals surface area contributed by atoms with E-state index < -0.39 is 11.2 Å². The molecule has 0 bridgehead atoms. The number of benzene rings is 6. The Balaban J connectivity index is 0.000000180. The van der Waals surface area contributed by atoms with Crippen LogP contribution in [0.25, 0.3) is 0 Å². The van der Waals surface area contributed by atoms with E-state index in [1.54, 1.807) is 12.1 Å². The fourth-order valence-electron chi connectivity index (χ4n) is 9.11. The molecule has 0 unspecified atom stereocenters. The van der Waals surface area contributed by atoms with Crippen LogP contribution in [0.3, 0.4) is 0 Å². The molecule has 0 aromatic heterocycles. The van der Waals surface area contributed by atoms with Crippen LogP contribution >= 0.6 is 11.6 Å². The predicted molar refractivity (Wildman–Crippen MR) is 257 cm³/mol. The fourth-order valence-corrected chi connectivity index (χ4v) is 9.24. The lowest BCUT2D eigenvalue weighted by Crippen LogP contribution is -2.44. The van der Waals surface area contributed by atoms with Crippen LogP contribution in [-0.4, -0.2) is 65.3 Å². The zero-order chi connectivity index (χ0) is 45.9. The minimum Gasteiger partial charge on any atom is -0.380 e. The van der Waals surface area contributed by atoms with Gasteiger partial charge < -0.3 is 20.4 Å². The molecule has 2 aliphatic heterocycles. The van der Waals surface area contributed by atoms with Crippen molar-refractivity contribution in [3.8, 4) is 0 Å². The molecule has 2 saturated heterocycles. The highest BCUT2D eigenvalue weighted by atomic mass is 35.5. The van der Waals surface area contributed by atoms with Crippen LogP contribution in [0.1, 0.15) is 94.3 Å². The van der Waals surface area contributed by atoms with Gasteiger partial charge in [0, 0.05) is 29.8 Å². The van der Waals surface area contributed by atoms with Gasteiger partial charge in [0.15, 0.2) is 11.6 Å². The van der Waals surface area contributed by atoms with Gasteiger partial charge in [-0.25, -0.2) is 8.78 Å². The Morgan fingerprint density at radius 1 is 0.523 bits per heavy atom. The third-order valence-corrected chi connectivity index (χ3v) is 13.0. The molecule has 2 heterocycles. The standard InChI is InChI=1S/C28H30FNO2.C18H21NO.C10H10ClFO/c29-26-15-13-22(14-16-26)27(31)12-7-19-30-20-17-25(18-21-30)28(32,23-8-3-1-4-9-23)24-10-5-2-6-11-24;20-18(15-7-3-1-4-8-15,16-9-5-2-6-10-16)17-11-13-19-14-12-17;11-7-1-2-10(13)8-3-5-9(12)6-4-8/h1-6,8-11,13-16,25,32H,7,12,17-21H2;1-10,17,19-20H,11-14H2;3-6H,1-2,7H2. The zero-order valence-corrected chi connectivity index (χ0v) is 37.8. The van der Waals surface area contributed by atoms with Gasteiger partial charge in [-0.2, -0.15) is 0 Å². The van der Waals surface area contributed by atoms with Crippen molar-refractivity contribution in [2.75, 3.05) is 38.6 Å². The summed E-state index contributed by atoms with van der Waals surface area (Å²) >= 11 is 5.45. The van der Waals surface area contributed by atoms with Crippen LogP contribution in [0.15, 0.2) is 170 Å². The first-order valence-corrected chi connectivity index (χ1v) is 23.4. The maximum Gasteiger partial charge on any atom is 0.162 e. The number of carbonyl (C=O) groups excluding carboxylic acids is 2. The molecule has 6 aromatic carbocycles. The van der Waals surface area contributed by atoms with Gasteiger partial charge in [0.1, 0.15) is 22.8 Å². The van der Waals surface area contributed by atoms with Crippen molar-refractivity contribution in [2.45, 2.75) is 62.6 Å². The molecule has 65 heavy (non-hydrogen) atoms. The quantitative estimate of drug-likeness (QED) is 0.0703. The van der Waals surface area contributed by atoms with Crippen molar-refractivity contribution in [1.29, 1.82) is 0 Å². The summed E-state index contributed by atoms with van der Waals surface area (Å²) < 4.78 is 25.5. The number of alkyl halides is 1. The van der Waals surface area contributed by atoms with Gasteiger partial charge in [-0.1, -0.05) is 121 Å². The molecule has 0 radical (unpaired) electrons. The van der Waals surface area contributed by atoms with E-state index in [4.69, 9.17) is 11.6 Å². The van der Waals surface area contributed by atoms with E-state index in [2.05, 4.69) is 10.2 Å². The fraction of sp³-hybridized carbons (Fsp3) is 0.321. The average Bonchev–Trinajstić information content (AvgIpc) is 3.37. The molecule has 2 fully saturated rings. The molecule has 340 valence electrons. The van der Waals surface area contributed by atoms with Crippen LogP contribution in [0.5, 0.6) is 0 Å². The van der Waals surface area contributed by atoms with E-state index in [1.165, 1.54) is 36.4 Å². The third-order valence-electron chi connectivity index (χ3n) is 12.7. The van der Waals surface area contributed by atoms with E-state index >= 15 is 0 Å². The second-order valence-electron chi connectivity index (χ2n) is 16.9. The number of piperidine rings is 2. The number of halogens is 3. The first-order chi connectivity index (χ1) is 31.6. The lowest BCUT2D eigenvalue weighted by molar-refractivity contribution is -0.0142. The number of nitrogens with zero attached hydrogens (tertiary/aromatic N) is 1. The Kier molecular flexibility index (Phi) is 18.7. The maximum absolute atomic E-state index is 13.0. The number of likely N-dealkylation sites (tertiary alicyclic amines) is 1. The van der Waals surface area contributed by atoms with E-state index in [-0.39, 0.29) is 35.0 Å². The average molecular weight is 900 g/mol. The number of Topliss-reactive ketones (excluding diaryl/α,β-unsaturated/α-hetero) is 2. The number of aliphatic hydroxyl groups is 2. The van der Waals surface area contributed by atoms with Gasteiger partial charge >= 0.3 is 0 Å². The summed E-state index contributed by atoms with van der Waals surface area (Å²) in [6.45, 7) is 4.61. The summed E-state index contributed by atoms with van der Waals surface area (Å²) in [5, 5.41) is 26.9. The highest BCUT2D eigenvalue weighted by Gasteiger charge is 2.42. The molecule has 6 nitrogen and oxygen atoms in total. The van der Waals surface area contributed by atoms with Crippen LogP contribution in [0, 0.1) is 23.5 Å². The van der Waals surface area contributed by atoms with Crippen LogP contribution < -0.4 is 5.32 Å². The lowest BCUT2D eigenvalue weighted by Gasteiger charge is -2.42. The Hall–Kier alpha value is -5.35. The third kappa shape index (κ3) is 13.4. The van der Waals surface area contributed by atoms with Crippen molar-refractivity contribution < 1.29 is 28.6 Å². The Bertz CT molecular complexity index is 2230. The van der Waals surface area contributed by atoms with Gasteiger partial charge in [-0.3, -0.25) is 9.59 Å². The molecule has 2 aliphatic rings. The van der Waals surface area contributed by atoms with E-state index in [9.17, 15) is 28.6 Å². The van der Waals surface area contributed by atoms with Gasteiger partial charge in [0.25, 0.3) is 0 Å². The van der Waals surface area contributed by atoms with Crippen molar-refractivity contribution >= 4 is 23.2 Å².